The molecule has 1 aliphatic rings. The van der Waals surface area contributed by atoms with E-state index in [2.05, 4.69) is 25.8 Å². The third kappa shape index (κ3) is 4.00. The van der Waals surface area contributed by atoms with Crippen LogP contribution in [0.5, 0.6) is 0 Å². The number of aryl methyl sites for hydroxylation is 1. The van der Waals surface area contributed by atoms with Crippen molar-refractivity contribution >= 4 is 5.91 Å². The Balaban J connectivity index is 1.55. The van der Waals surface area contributed by atoms with Gasteiger partial charge in [-0.25, -0.2) is 4.68 Å². The van der Waals surface area contributed by atoms with Gasteiger partial charge in [-0.3, -0.25) is 9.89 Å². The van der Waals surface area contributed by atoms with Crippen LogP contribution in [-0.2, 0) is 6.42 Å². The Morgan fingerprint density at radius 3 is 2.88 bits per heavy atom. The standard InChI is InChI=1S/C16H25N7O/c1-10(7-13-8-11(2)19-20-13)18-16(24)15-9-23(22-21-15)14-5-3-12(17)4-6-14/h8-10,12,14H,3-7,17H2,1-2H3,(H,18,24)(H,19,20)/t10-,12?,14?/m0/s1. The fourth-order valence-electron chi connectivity index (χ4n) is 3.17. The van der Waals surface area contributed by atoms with Crippen LogP contribution >= 0.6 is 0 Å². The molecule has 0 radical (unpaired) electrons. The van der Waals surface area contributed by atoms with E-state index in [0.717, 1.165) is 37.1 Å². The molecule has 0 spiro atoms. The van der Waals surface area contributed by atoms with Crippen LogP contribution in [0, 0.1) is 6.92 Å². The molecule has 0 bridgehead atoms. The molecule has 1 amide bonds. The number of nitrogens with two attached hydrogens (primary N) is 1. The van der Waals surface area contributed by atoms with Gasteiger partial charge in [-0.1, -0.05) is 5.21 Å². The molecule has 24 heavy (non-hydrogen) atoms. The van der Waals surface area contributed by atoms with E-state index in [9.17, 15) is 4.79 Å². The fourth-order valence-corrected chi connectivity index (χ4v) is 3.17. The molecular formula is C16H25N7O. The van der Waals surface area contributed by atoms with E-state index in [1.165, 1.54) is 0 Å². The third-order valence-electron chi connectivity index (χ3n) is 4.51. The number of carbonyl (C=O) groups is 1. The predicted molar refractivity (Wildman–Crippen MR) is 89.5 cm³/mol. The normalized spacial score (nSPS) is 22.3. The van der Waals surface area contributed by atoms with Gasteiger partial charge < -0.3 is 11.1 Å². The van der Waals surface area contributed by atoms with Crippen LogP contribution in [0.1, 0.15) is 60.5 Å². The molecule has 8 nitrogen and oxygen atoms in total. The minimum atomic E-state index is -0.200. The summed E-state index contributed by atoms with van der Waals surface area (Å²) in [6.07, 6.45) is 6.37. The van der Waals surface area contributed by atoms with Crippen molar-refractivity contribution in [1.29, 1.82) is 0 Å². The summed E-state index contributed by atoms with van der Waals surface area (Å²) in [6.45, 7) is 3.91. The van der Waals surface area contributed by atoms with Crippen molar-refractivity contribution in [1.82, 2.24) is 30.5 Å². The lowest BCUT2D eigenvalue weighted by atomic mass is 9.92. The molecule has 1 atom stereocenters. The average molecular weight is 331 g/mol. The molecule has 1 saturated carbocycles. The molecule has 0 aliphatic heterocycles. The van der Waals surface area contributed by atoms with Crippen molar-refractivity contribution in [3.63, 3.8) is 0 Å². The summed E-state index contributed by atoms with van der Waals surface area (Å²) in [4.78, 5) is 12.3. The van der Waals surface area contributed by atoms with Gasteiger partial charge in [0.05, 0.1) is 17.9 Å². The van der Waals surface area contributed by atoms with Crippen LogP contribution in [0.15, 0.2) is 12.3 Å². The van der Waals surface area contributed by atoms with Crippen molar-refractivity contribution in [3.8, 4) is 0 Å². The van der Waals surface area contributed by atoms with Crippen molar-refractivity contribution in [2.75, 3.05) is 0 Å². The highest BCUT2D eigenvalue weighted by atomic mass is 16.2. The first kappa shape index (κ1) is 16.6. The van der Waals surface area contributed by atoms with Crippen molar-refractivity contribution < 1.29 is 4.79 Å². The molecule has 1 fully saturated rings. The Bertz CT molecular complexity index is 684. The van der Waals surface area contributed by atoms with E-state index in [4.69, 9.17) is 5.73 Å². The van der Waals surface area contributed by atoms with Gasteiger partial charge in [0, 0.05) is 24.2 Å². The van der Waals surface area contributed by atoms with E-state index in [1.54, 1.807) is 6.20 Å². The molecule has 8 heteroatoms. The number of rotatable bonds is 5. The molecule has 3 rings (SSSR count). The van der Waals surface area contributed by atoms with E-state index in [-0.39, 0.29) is 11.9 Å². The summed E-state index contributed by atoms with van der Waals surface area (Å²) >= 11 is 0. The molecule has 0 unspecified atom stereocenters. The Hall–Kier alpha value is -2.22. The number of nitrogens with zero attached hydrogens (tertiary/aromatic N) is 4. The van der Waals surface area contributed by atoms with Crippen molar-refractivity contribution in [2.24, 2.45) is 5.73 Å². The number of aromatic nitrogens is 5. The topological polar surface area (TPSA) is 115 Å². The average Bonchev–Trinajstić information content (AvgIpc) is 3.17. The van der Waals surface area contributed by atoms with Crippen LogP contribution < -0.4 is 11.1 Å². The van der Waals surface area contributed by atoms with Gasteiger partial charge in [-0.2, -0.15) is 5.10 Å². The smallest absolute Gasteiger partial charge is 0.273 e. The first-order valence-corrected chi connectivity index (χ1v) is 8.50. The quantitative estimate of drug-likeness (QED) is 0.759. The largest absolute Gasteiger partial charge is 0.348 e. The van der Waals surface area contributed by atoms with Crippen molar-refractivity contribution in [3.05, 3.63) is 29.3 Å². The number of carbonyl (C=O) groups excluding carboxylic acids is 1. The van der Waals surface area contributed by atoms with Crippen LogP contribution in [0.2, 0.25) is 0 Å². The Kier molecular flexibility index (Phi) is 4.94. The van der Waals surface area contributed by atoms with Crippen LogP contribution in [-0.4, -0.2) is 43.2 Å². The van der Waals surface area contributed by atoms with E-state index in [0.29, 0.717) is 24.2 Å². The van der Waals surface area contributed by atoms with Gasteiger partial charge in [0.2, 0.25) is 0 Å². The minimum absolute atomic E-state index is 0.0296. The molecule has 2 aromatic heterocycles. The maximum atomic E-state index is 12.3. The second-order valence-electron chi connectivity index (χ2n) is 6.77. The highest BCUT2D eigenvalue weighted by molar-refractivity contribution is 5.92. The summed E-state index contributed by atoms with van der Waals surface area (Å²) in [6, 6.07) is 2.53. The lowest BCUT2D eigenvalue weighted by molar-refractivity contribution is 0.0935. The Morgan fingerprint density at radius 1 is 1.46 bits per heavy atom. The van der Waals surface area contributed by atoms with Crippen molar-refractivity contribution in [2.45, 2.75) is 64.1 Å². The first-order chi connectivity index (χ1) is 11.5. The number of aromatic amines is 1. The van der Waals surface area contributed by atoms with Gasteiger partial charge in [-0.05, 0) is 45.6 Å². The van der Waals surface area contributed by atoms with Gasteiger partial charge in [-0.15, -0.1) is 5.10 Å². The van der Waals surface area contributed by atoms with Gasteiger partial charge >= 0.3 is 0 Å². The molecule has 0 saturated heterocycles. The van der Waals surface area contributed by atoms with Crippen LogP contribution in [0.4, 0.5) is 0 Å². The van der Waals surface area contributed by atoms with Crippen LogP contribution in [0.25, 0.3) is 0 Å². The lowest BCUT2D eigenvalue weighted by Crippen LogP contribution is -2.34. The first-order valence-electron chi connectivity index (χ1n) is 8.50. The molecule has 1 aliphatic carbocycles. The number of H-pyrrole nitrogens is 1. The fraction of sp³-hybridized carbons (Fsp3) is 0.625. The molecule has 0 aromatic carbocycles. The number of nitrogens with one attached hydrogen (secondary N) is 2. The second kappa shape index (κ2) is 7.12. The molecular weight excluding hydrogens is 306 g/mol. The van der Waals surface area contributed by atoms with Gasteiger partial charge in [0.15, 0.2) is 5.69 Å². The summed E-state index contributed by atoms with van der Waals surface area (Å²) in [5.41, 5.74) is 8.23. The molecule has 4 N–H and O–H groups in total. The van der Waals surface area contributed by atoms with Gasteiger partial charge in [0.1, 0.15) is 0 Å². The second-order valence-corrected chi connectivity index (χ2v) is 6.77. The summed E-state index contributed by atoms with van der Waals surface area (Å²) < 4.78 is 1.81. The number of amides is 1. The number of hydrogen-bond donors (Lipinski definition) is 3. The summed E-state index contributed by atoms with van der Waals surface area (Å²) in [5.74, 6) is -0.200. The SMILES string of the molecule is Cc1cc(C[C@H](C)NC(=O)c2cn(C3CCC(N)CC3)nn2)n[nH]1. The van der Waals surface area contributed by atoms with E-state index < -0.39 is 0 Å². The maximum absolute atomic E-state index is 12.3. The number of hydrogen-bond acceptors (Lipinski definition) is 5. The van der Waals surface area contributed by atoms with Gasteiger partial charge in [0.25, 0.3) is 5.91 Å². The molecule has 2 heterocycles. The highest BCUT2D eigenvalue weighted by Crippen LogP contribution is 2.26. The minimum Gasteiger partial charge on any atom is -0.348 e. The monoisotopic (exact) mass is 331 g/mol. The summed E-state index contributed by atoms with van der Waals surface area (Å²) in [7, 11) is 0. The van der Waals surface area contributed by atoms with E-state index in [1.807, 2.05) is 24.6 Å². The zero-order chi connectivity index (χ0) is 17.1. The Morgan fingerprint density at radius 2 is 2.21 bits per heavy atom. The zero-order valence-electron chi connectivity index (χ0n) is 14.2. The highest BCUT2D eigenvalue weighted by Gasteiger charge is 2.22. The molecule has 130 valence electrons. The third-order valence-corrected chi connectivity index (χ3v) is 4.51. The van der Waals surface area contributed by atoms with E-state index >= 15 is 0 Å². The Labute approximate surface area is 141 Å². The summed E-state index contributed by atoms with van der Waals surface area (Å²) in [5, 5.41) is 18.2. The molecule has 2 aromatic rings. The lowest BCUT2D eigenvalue weighted by Gasteiger charge is -2.25. The predicted octanol–water partition coefficient (Wildman–Crippen LogP) is 1.11. The van der Waals surface area contributed by atoms with Crippen LogP contribution in [0.3, 0.4) is 0 Å². The maximum Gasteiger partial charge on any atom is 0.273 e. The zero-order valence-corrected chi connectivity index (χ0v) is 14.2.